The zero-order chi connectivity index (χ0) is 21.4. The summed E-state index contributed by atoms with van der Waals surface area (Å²) in [6.07, 6.45) is -4.38. The van der Waals surface area contributed by atoms with Crippen molar-refractivity contribution < 1.29 is 32.2 Å². The highest BCUT2D eigenvalue weighted by atomic mass is 19.4. The van der Waals surface area contributed by atoms with Gasteiger partial charge >= 0.3 is 6.18 Å². The Hall–Kier alpha value is -3.34. The smallest absolute Gasteiger partial charge is 0.416 e. The van der Waals surface area contributed by atoms with E-state index >= 15 is 0 Å². The lowest BCUT2D eigenvalue weighted by Crippen LogP contribution is -2.25. The number of benzene rings is 2. The largest absolute Gasteiger partial charge is 0.493 e. The minimum Gasteiger partial charge on any atom is -0.493 e. The molecule has 1 amide bonds. The highest BCUT2D eigenvalue weighted by Crippen LogP contribution is 2.38. The summed E-state index contributed by atoms with van der Waals surface area (Å²) >= 11 is 0. The van der Waals surface area contributed by atoms with Gasteiger partial charge in [0.05, 0.1) is 39.9 Å². The Balaban J connectivity index is 1.99. The monoisotopic (exact) mass is 407 g/mol. The first-order valence-corrected chi connectivity index (χ1v) is 8.50. The molecule has 0 unspecified atom stereocenters. The Morgan fingerprint density at radius 1 is 1.03 bits per heavy atom. The third kappa shape index (κ3) is 6.07. The van der Waals surface area contributed by atoms with Crippen LogP contribution in [0.5, 0.6) is 17.2 Å². The summed E-state index contributed by atoms with van der Waals surface area (Å²) in [4.78, 5) is 12.1. The third-order valence-corrected chi connectivity index (χ3v) is 3.89. The van der Waals surface area contributed by atoms with Crippen LogP contribution < -0.4 is 19.5 Å². The summed E-state index contributed by atoms with van der Waals surface area (Å²) in [5, 5.41) is 2.60. The maximum Gasteiger partial charge on any atom is 0.416 e. The van der Waals surface area contributed by atoms with Crippen LogP contribution in [0, 0.1) is 11.8 Å². The molecule has 0 saturated carbocycles. The number of ether oxygens (including phenoxy) is 3. The van der Waals surface area contributed by atoms with Crippen LogP contribution in [-0.4, -0.2) is 33.8 Å². The molecule has 0 radical (unpaired) electrons. The zero-order valence-electron chi connectivity index (χ0n) is 16.1. The van der Waals surface area contributed by atoms with Gasteiger partial charge in [-0.25, -0.2) is 0 Å². The summed E-state index contributed by atoms with van der Waals surface area (Å²) in [7, 11) is 4.44. The van der Waals surface area contributed by atoms with Crippen LogP contribution in [-0.2, 0) is 17.4 Å². The number of carbonyl (C=O) groups is 1. The lowest BCUT2D eigenvalue weighted by atomic mass is 10.1. The topological polar surface area (TPSA) is 56.8 Å². The van der Waals surface area contributed by atoms with E-state index in [9.17, 15) is 18.0 Å². The standard InChI is InChI=1S/C21H20F3NO4/c1-27-17-11-15(12-18(28-2)20(17)29-3)13-19(26)25-9-5-7-14-6-4-8-16(10-14)21(22,23)24/h4,6,8,10-12H,9,13H2,1-3H3,(H,25,26). The fourth-order valence-corrected chi connectivity index (χ4v) is 2.55. The van der Waals surface area contributed by atoms with Gasteiger partial charge in [-0.2, -0.15) is 13.2 Å². The lowest BCUT2D eigenvalue weighted by Gasteiger charge is -2.13. The van der Waals surface area contributed by atoms with E-state index in [0.717, 1.165) is 12.1 Å². The van der Waals surface area contributed by atoms with Crippen molar-refractivity contribution in [1.82, 2.24) is 5.32 Å². The average Bonchev–Trinajstić information content (AvgIpc) is 2.70. The number of nitrogens with one attached hydrogen (secondary N) is 1. The van der Waals surface area contributed by atoms with Gasteiger partial charge < -0.3 is 19.5 Å². The van der Waals surface area contributed by atoms with Crippen molar-refractivity contribution in [3.63, 3.8) is 0 Å². The number of halogens is 3. The second-order valence-electron chi connectivity index (χ2n) is 5.87. The molecular formula is C21H20F3NO4. The summed E-state index contributed by atoms with van der Waals surface area (Å²) in [5.41, 5.74) is 0.0947. The first-order valence-electron chi connectivity index (χ1n) is 8.50. The molecular weight excluding hydrogens is 387 g/mol. The molecule has 5 nitrogen and oxygen atoms in total. The van der Waals surface area contributed by atoms with Crippen molar-refractivity contribution in [2.24, 2.45) is 0 Å². The quantitative estimate of drug-likeness (QED) is 0.746. The summed E-state index contributed by atoms with van der Waals surface area (Å²) in [6.45, 7) is -0.000493. The van der Waals surface area contributed by atoms with Gasteiger partial charge in [0.15, 0.2) is 11.5 Å². The third-order valence-electron chi connectivity index (χ3n) is 3.89. The van der Waals surface area contributed by atoms with Crippen molar-refractivity contribution in [2.45, 2.75) is 12.6 Å². The Morgan fingerprint density at radius 3 is 2.24 bits per heavy atom. The molecule has 8 heteroatoms. The van der Waals surface area contributed by atoms with Crippen LogP contribution in [0.3, 0.4) is 0 Å². The Labute approximate surface area is 166 Å². The second kappa shape index (κ2) is 9.73. The molecule has 154 valence electrons. The van der Waals surface area contributed by atoms with E-state index in [2.05, 4.69) is 17.2 Å². The molecule has 0 aliphatic heterocycles. The number of methoxy groups -OCH3 is 3. The van der Waals surface area contributed by atoms with Crippen LogP contribution in [0.2, 0.25) is 0 Å². The average molecular weight is 407 g/mol. The molecule has 0 aromatic heterocycles. The van der Waals surface area contributed by atoms with Crippen molar-refractivity contribution in [2.75, 3.05) is 27.9 Å². The highest BCUT2D eigenvalue weighted by molar-refractivity contribution is 5.79. The molecule has 2 aromatic carbocycles. The molecule has 1 N–H and O–H groups in total. The van der Waals surface area contributed by atoms with E-state index in [1.807, 2.05) is 0 Å². The van der Waals surface area contributed by atoms with Crippen LogP contribution in [0.4, 0.5) is 13.2 Å². The van der Waals surface area contributed by atoms with E-state index in [-0.39, 0.29) is 24.4 Å². The van der Waals surface area contributed by atoms with Gasteiger partial charge in [0, 0.05) is 5.56 Å². The molecule has 0 atom stereocenters. The van der Waals surface area contributed by atoms with Crippen LogP contribution in [0.1, 0.15) is 16.7 Å². The molecule has 0 heterocycles. The first kappa shape index (κ1) is 22.0. The fourth-order valence-electron chi connectivity index (χ4n) is 2.55. The summed E-state index contributed by atoms with van der Waals surface area (Å²) < 4.78 is 53.8. The number of rotatable bonds is 6. The van der Waals surface area contributed by atoms with Gasteiger partial charge in [-0.1, -0.05) is 17.9 Å². The van der Waals surface area contributed by atoms with Crippen molar-refractivity contribution in [3.05, 3.63) is 53.1 Å². The first-order chi connectivity index (χ1) is 13.8. The number of alkyl halides is 3. The van der Waals surface area contributed by atoms with E-state index in [1.54, 1.807) is 12.1 Å². The predicted octanol–water partition coefficient (Wildman–Crippen LogP) is 3.44. The van der Waals surface area contributed by atoms with E-state index in [1.165, 1.54) is 33.5 Å². The van der Waals surface area contributed by atoms with E-state index < -0.39 is 11.7 Å². The number of hydrogen-bond acceptors (Lipinski definition) is 4. The molecule has 0 bridgehead atoms. The number of hydrogen-bond donors (Lipinski definition) is 1. The van der Waals surface area contributed by atoms with Gasteiger partial charge in [0.25, 0.3) is 0 Å². The van der Waals surface area contributed by atoms with Gasteiger partial charge in [-0.3, -0.25) is 4.79 Å². The minimum atomic E-state index is -4.42. The predicted molar refractivity (Wildman–Crippen MR) is 101 cm³/mol. The van der Waals surface area contributed by atoms with Gasteiger partial charge in [-0.15, -0.1) is 0 Å². The number of carbonyl (C=O) groups excluding carboxylic acids is 1. The summed E-state index contributed by atoms with van der Waals surface area (Å²) in [5.74, 6) is 6.22. The second-order valence-corrected chi connectivity index (χ2v) is 5.87. The molecule has 2 rings (SSSR count). The zero-order valence-corrected chi connectivity index (χ0v) is 16.1. The molecule has 0 aliphatic carbocycles. The molecule has 0 spiro atoms. The van der Waals surface area contributed by atoms with Crippen molar-refractivity contribution >= 4 is 5.91 Å². The van der Waals surface area contributed by atoms with Gasteiger partial charge in [0.1, 0.15) is 0 Å². The lowest BCUT2D eigenvalue weighted by molar-refractivity contribution is -0.137. The van der Waals surface area contributed by atoms with Gasteiger partial charge in [0.2, 0.25) is 11.7 Å². The van der Waals surface area contributed by atoms with Crippen molar-refractivity contribution in [3.8, 4) is 29.1 Å². The Morgan fingerprint density at radius 2 is 1.69 bits per heavy atom. The van der Waals surface area contributed by atoms with E-state index in [4.69, 9.17) is 14.2 Å². The van der Waals surface area contributed by atoms with Crippen LogP contribution >= 0.6 is 0 Å². The molecule has 0 aliphatic rings. The van der Waals surface area contributed by atoms with Crippen molar-refractivity contribution in [1.29, 1.82) is 0 Å². The maximum absolute atomic E-state index is 12.7. The molecule has 2 aromatic rings. The normalized spacial score (nSPS) is 10.6. The molecule has 0 saturated heterocycles. The summed E-state index contributed by atoms with van der Waals surface area (Å²) in [6, 6.07) is 8.02. The fraction of sp³-hybridized carbons (Fsp3) is 0.286. The maximum atomic E-state index is 12.7. The van der Waals surface area contributed by atoms with Gasteiger partial charge in [-0.05, 0) is 35.9 Å². The molecule has 0 fully saturated rings. The highest BCUT2D eigenvalue weighted by Gasteiger charge is 2.30. The van der Waals surface area contributed by atoms with Crippen LogP contribution in [0.25, 0.3) is 0 Å². The SMILES string of the molecule is COc1cc(CC(=O)NCC#Cc2cccc(C(F)(F)F)c2)cc(OC)c1OC. The van der Waals surface area contributed by atoms with E-state index in [0.29, 0.717) is 22.8 Å². The Kier molecular flexibility index (Phi) is 7.37. The minimum absolute atomic E-state index is 0.000493. The Bertz CT molecular complexity index is 904. The number of amides is 1. The molecule has 29 heavy (non-hydrogen) atoms. The van der Waals surface area contributed by atoms with Crippen LogP contribution in [0.15, 0.2) is 36.4 Å².